The van der Waals surface area contributed by atoms with Gasteiger partial charge in [-0.05, 0) is 37.7 Å². The van der Waals surface area contributed by atoms with Gasteiger partial charge in [-0.15, -0.1) is 0 Å². The highest BCUT2D eigenvalue weighted by atomic mass is 16.5. The first kappa shape index (κ1) is 24.7. The van der Waals surface area contributed by atoms with Gasteiger partial charge in [0.2, 0.25) is 0 Å². The van der Waals surface area contributed by atoms with Crippen molar-refractivity contribution in [3.05, 3.63) is 111 Å². The van der Waals surface area contributed by atoms with E-state index in [1.54, 1.807) is 25.4 Å². The molecule has 0 N–H and O–H groups in total. The predicted molar refractivity (Wildman–Crippen MR) is 153 cm³/mol. The van der Waals surface area contributed by atoms with Gasteiger partial charge in [0.05, 0.1) is 36.9 Å². The van der Waals surface area contributed by atoms with Crippen LogP contribution in [0, 0.1) is 0 Å². The van der Waals surface area contributed by atoms with E-state index in [1.165, 1.54) is 13.2 Å². The lowest BCUT2D eigenvalue weighted by Gasteiger charge is -2.30. The maximum atomic E-state index is 13.8. The largest absolute Gasteiger partial charge is 0.496 e. The molecule has 0 spiro atoms. The number of pyridine rings is 1. The summed E-state index contributed by atoms with van der Waals surface area (Å²) < 4.78 is 19.8. The van der Waals surface area contributed by atoms with Gasteiger partial charge in [0.1, 0.15) is 22.6 Å². The summed E-state index contributed by atoms with van der Waals surface area (Å²) in [6, 6.07) is 20.1. The molecule has 39 heavy (non-hydrogen) atoms. The summed E-state index contributed by atoms with van der Waals surface area (Å²) in [7, 11) is 5.11. The molecule has 196 valence electrons. The van der Waals surface area contributed by atoms with Crippen LogP contribution in [0.15, 0.2) is 99.1 Å². The number of methoxy groups -OCH3 is 2. The smallest absolute Gasteiger partial charge is 0.200 e. The lowest BCUT2D eigenvalue weighted by molar-refractivity contribution is 0.271. The number of rotatable bonds is 5. The maximum Gasteiger partial charge on any atom is 0.200 e. The van der Waals surface area contributed by atoms with E-state index in [2.05, 4.69) is 17.1 Å². The number of benzene rings is 3. The van der Waals surface area contributed by atoms with E-state index >= 15 is 0 Å². The average molecular weight is 521 g/mol. The molecule has 0 saturated carbocycles. The molecule has 1 aliphatic rings. The Morgan fingerprint density at radius 2 is 1.67 bits per heavy atom. The second-order valence-electron chi connectivity index (χ2n) is 9.61. The minimum Gasteiger partial charge on any atom is -0.496 e. The maximum absolute atomic E-state index is 13.8. The molecule has 5 aromatic rings. The van der Waals surface area contributed by atoms with Crippen molar-refractivity contribution in [2.45, 2.75) is 12.5 Å². The van der Waals surface area contributed by atoms with Crippen molar-refractivity contribution in [1.29, 1.82) is 0 Å². The van der Waals surface area contributed by atoms with Crippen LogP contribution in [0.3, 0.4) is 0 Å². The molecule has 0 aliphatic carbocycles. The molecular weight excluding hydrogens is 492 g/mol. The zero-order valence-corrected chi connectivity index (χ0v) is 22.0. The second kappa shape index (κ2) is 9.93. The molecule has 1 aliphatic heterocycles. The molecule has 0 radical (unpaired) electrons. The predicted octanol–water partition coefficient (Wildman–Crippen LogP) is 5.71. The first-order valence-electron chi connectivity index (χ1n) is 12.8. The minimum atomic E-state index is -0.298. The van der Waals surface area contributed by atoms with Gasteiger partial charge in [-0.25, -0.2) is 0 Å². The van der Waals surface area contributed by atoms with Crippen molar-refractivity contribution >= 4 is 21.9 Å². The SMILES string of the molecule is COc1cc(OC)c2c(=O)cc(-c3cn(-c4ccccc4)c4ccccc4c3=O)oc2c1C1C=CCCN1C. The zero-order valence-electron chi connectivity index (χ0n) is 22.0. The van der Waals surface area contributed by atoms with E-state index in [1.807, 2.05) is 60.1 Å². The summed E-state index contributed by atoms with van der Waals surface area (Å²) in [6.45, 7) is 0.841. The third-order valence-electron chi connectivity index (χ3n) is 7.35. The Bertz CT molecular complexity index is 1850. The topological polar surface area (TPSA) is 73.9 Å². The van der Waals surface area contributed by atoms with E-state index in [0.29, 0.717) is 27.9 Å². The van der Waals surface area contributed by atoms with E-state index in [-0.39, 0.29) is 28.2 Å². The lowest BCUT2D eigenvalue weighted by Crippen LogP contribution is -2.27. The quantitative estimate of drug-likeness (QED) is 0.276. The molecule has 0 fully saturated rings. The standard InChI is InChI=1S/C32H28N2O5/c1-33-16-10-9-15-24(33)29-27(37-2)18-28(38-3)30-25(35)17-26(39-32(29)30)22-19-34(20-11-5-4-6-12-20)23-14-8-7-13-21(23)31(22)36/h4-9,11-15,17-19,24H,10,16H2,1-3H3. The van der Waals surface area contributed by atoms with E-state index in [9.17, 15) is 9.59 Å². The molecule has 3 aromatic carbocycles. The summed E-state index contributed by atoms with van der Waals surface area (Å²) in [5, 5.41) is 0.841. The van der Waals surface area contributed by atoms with Gasteiger partial charge < -0.3 is 18.5 Å². The van der Waals surface area contributed by atoms with Crippen molar-refractivity contribution in [2.75, 3.05) is 27.8 Å². The number of hydrogen-bond donors (Lipinski definition) is 0. The fourth-order valence-corrected chi connectivity index (χ4v) is 5.40. The average Bonchev–Trinajstić information content (AvgIpc) is 2.97. The second-order valence-corrected chi connectivity index (χ2v) is 9.61. The molecule has 7 nitrogen and oxygen atoms in total. The van der Waals surface area contributed by atoms with Crippen molar-refractivity contribution in [2.24, 2.45) is 0 Å². The van der Waals surface area contributed by atoms with Crippen LogP contribution in [0.2, 0.25) is 0 Å². The summed E-state index contributed by atoms with van der Waals surface area (Å²) in [5.41, 5.74) is 2.48. The number of likely N-dealkylation sites (N-methyl/N-ethyl adjacent to an activating group) is 1. The van der Waals surface area contributed by atoms with Crippen LogP contribution in [0.5, 0.6) is 11.5 Å². The summed E-state index contributed by atoms with van der Waals surface area (Å²) >= 11 is 0. The Morgan fingerprint density at radius 3 is 2.41 bits per heavy atom. The van der Waals surface area contributed by atoms with E-state index in [4.69, 9.17) is 13.9 Å². The highest BCUT2D eigenvalue weighted by Gasteiger charge is 2.28. The van der Waals surface area contributed by atoms with Gasteiger partial charge in [0.25, 0.3) is 0 Å². The van der Waals surface area contributed by atoms with Crippen molar-refractivity contribution < 1.29 is 13.9 Å². The number of ether oxygens (including phenoxy) is 2. The van der Waals surface area contributed by atoms with Crippen molar-refractivity contribution in [1.82, 2.24) is 9.47 Å². The Morgan fingerprint density at radius 1 is 0.923 bits per heavy atom. The van der Waals surface area contributed by atoms with Gasteiger partial charge in [-0.3, -0.25) is 14.5 Å². The van der Waals surface area contributed by atoms with Crippen molar-refractivity contribution in [3.63, 3.8) is 0 Å². The van der Waals surface area contributed by atoms with Gasteiger partial charge in [0.15, 0.2) is 16.4 Å². The molecule has 1 atom stereocenters. The molecule has 1 unspecified atom stereocenters. The monoisotopic (exact) mass is 520 g/mol. The summed E-state index contributed by atoms with van der Waals surface area (Å²) in [5.74, 6) is 1.09. The molecule has 0 bridgehead atoms. The number of aromatic nitrogens is 1. The van der Waals surface area contributed by atoms with Crippen LogP contribution in [-0.4, -0.2) is 37.3 Å². The summed E-state index contributed by atoms with van der Waals surface area (Å²) in [6.07, 6.45) is 6.87. The summed E-state index contributed by atoms with van der Waals surface area (Å²) in [4.78, 5) is 29.7. The normalized spacial score (nSPS) is 15.6. The highest BCUT2D eigenvalue weighted by Crippen LogP contribution is 2.42. The number of nitrogens with zero attached hydrogens (tertiary/aromatic N) is 2. The molecule has 7 heteroatoms. The Labute approximate surface area is 225 Å². The number of hydrogen-bond acceptors (Lipinski definition) is 6. The van der Waals surface area contributed by atoms with E-state index < -0.39 is 0 Å². The van der Waals surface area contributed by atoms with Crippen molar-refractivity contribution in [3.8, 4) is 28.5 Å². The third-order valence-corrected chi connectivity index (χ3v) is 7.35. The molecular formula is C32H28N2O5. The molecule has 0 amide bonds. The molecule has 3 heterocycles. The Kier molecular flexibility index (Phi) is 6.29. The first-order chi connectivity index (χ1) is 19.0. The van der Waals surface area contributed by atoms with Crippen LogP contribution in [-0.2, 0) is 0 Å². The number of fused-ring (bicyclic) bond motifs is 2. The van der Waals surface area contributed by atoms with Gasteiger partial charge >= 0.3 is 0 Å². The van der Waals surface area contributed by atoms with Crippen LogP contribution >= 0.6 is 0 Å². The van der Waals surface area contributed by atoms with E-state index in [0.717, 1.165) is 29.7 Å². The fraction of sp³-hybridized carbons (Fsp3) is 0.188. The van der Waals surface area contributed by atoms with Crippen LogP contribution in [0.1, 0.15) is 18.0 Å². The first-order valence-corrected chi connectivity index (χ1v) is 12.8. The van der Waals surface area contributed by atoms with Crippen LogP contribution < -0.4 is 20.3 Å². The minimum absolute atomic E-state index is 0.182. The lowest BCUT2D eigenvalue weighted by atomic mass is 9.97. The van der Waals surface area contributed by atoms with Gasteiger partial charge in [0, 0.05) is 35.9 Å². The Balaban J connectivity index is 1.70. The number of para-hydroxylation sites is 2. The van der Waals surface area contributed by atoms with Crippen LogP contribution in [0.4, 0.5) is 0 Å². The highest BCUT2D eigenvalue weighted by molar-refractivity contribution is 5.91. The molecule has 0 saturated heterocycles. The van der Waals surface area contributed by atoms with Gasteiger partial charge in [-0.2, -0.15) is 0 Å². The Hall–Kier alpha value is -4.62. The fourth-order valence-electron chi connectivity index (χ4n) is 5.40. The molecule has 6 rings (SSSR count). The van der Waals surface area contributed by atoms with Gasteiger partial charge in [-0.1, -0.05) is 42.5 Å². The third kappa shape index (κ3) is 4.11. The zero-order chi connectivity index (χ0) is 27.1. The van der Waals surface area contributed by atoms with Crippen LogP contribution in [0.25, 0.3) is 38.9 Å². The molecule has 2 aromatic heterocycles.